The zero-order chi connectivity index (χ0) is 22.4. The number of ether oxygens (including phenoxy) is 2. The van der Waals surface area contributed by atoms with Crippen molar-refractivity contribution in [1.82, 2.24) is 9.88 Å². The Bertz CT molecular complexity index is 971. The number of carbonyl (C=O) groups is 2. The fourth-order valence-electron chi connectivity index (χ4n) is 3.63. The first-order valence-corrected chi connectivity index (χ1v) is 10.4. The number of aromatic nitrogens is 1. The SMILES string of the molecule is CCCCOc1ccc(C(O)=C2C(=O)C(=O)N(CCOC)C2c2ccncc2)cc1C. The molecule has 1 unspecified atom stereocenters. The van der Waals surface area contributed by atoms with Crippen LogP contribution in [0, 0.1) is 6.92 Å². The van der Waals surface area contributed by atoms with Gasteiger partial charge in [0.2, 0.25) is 0 Å². The number of hydrogen-bond donors (Lipinski definition) is 1. The van der Waals surface area contributed by atoms with Gasteiger partial charge in [0.1, 0.15) is 11.5 Å². The van der Waals surface area contributed by atoms with E-state index in [2.05, 4.69) is 11.9 Å². The van der Waals surface area contributed by atoms with E-state index >= 15 is 0 Å². The third kappa shape index (κ3) is 4.77. The molecule has 1 aliphatic heterocycles. The van der Waals surface area contributed by atoms with Crippen molar-refractivity contribution in [2.24, 2.45) is 0 Å². The Morgan fingerprint density at radius 1 is 1.16 bits per heavy atom. The Labute approximate surface area is 182 Å². The summed E-state index contributed by atoms with van der Waals surface area (Å²) in [5, 5.41) is 11.1. The largest absolute Gasteiger partial charge is 0.507 e. The number of rotatable bonds is 9. The summed E-state index contributed by atoms with van der Waals surface area (Å²) in [7, 11) is 1.53. The molecule has 1 saturated heterocycles. The van der Waals surface area contributed by atoms with Crippen molar-refractivity contribution in [3.8, 4) is 5.75 Å². The number of Topliss-reactive ketones (excluding diaryl/α,β-unsaturated/α-hetero) is 1. The zero-order valence-electron chi connectivity index (χ0n) is 18.1. The van der Waals surface area contributed by atoms with E-state index in [1.807, 2.05) is 6.92 Å². The van der Waals surface area contributed by atoms with Crippen LogP contribution in [0.15, 0.2) is 48.3 Å². The molecule has 1 N–H and O–H groups in total. The van der Waals surface area contributed by atoms with Crippen molar-refractivity contribution in [1.29, 1.82) is 0 Å². The number of ketones is 1. The Morgan fingerprint density at radius 3 is 2.55 bits per heavy atom. The summed E-state index contributed by atoms with van der Waals surface area (Å²) >= 11 is 0. The maximum absolute atomic E-state index is 12.9. The second kappa shape index (κ2) is 10.2. The number of hydrogen-bond acceptors (Lipinski definition) is 6. The molecule has 0 radical (unpaired) electrons. The van der Waals surface area contributed by atoms with Gasteiger partial charge in [-0.3, -0.25) is 14.6 Å². The molecule has 2 heterocycles. The lowest BCUT2D eigenvalue weighted by atomic mass is 9.95. The number of unbranched alkanes of at least 4 members (excludes halogenated alkanes) is 1. The molecule has 1 aliphatic rings. The number of benzene rings is 1. The number of nitrogens with zero attached hydrogens (tertiary/aromatic N) is 2. The lowest BCUT2D eigenvalue weighted by molar-refractivity contribution is -0.140. The molecule has 0 bridgehead atoms. The molecule has 0 aliphatic carbocycles. The smallest absolute Gasteiger partial charge is 0.295 e. The number of aryl methyl sites for hydroxylation is 1. The standard InChI is InChI=1S/C24H28N2O5/c1-4-5-13-31-19-7-6-18(15-16(19)2)22(27)20-21(17-8-10-25-11-9-17)26(12-14-30-3)24(29)23(20)28/h6-11,15,21,27H,4-5,12-14H2,1-3H3. The summed E-state index contributed by atoms with van der Waals surface area (Å²) in [4.78, 5) is 31.1. The Morgan fingerprint density at radius 2 is 1.90 bits per heavy atom. The van der Waals surface area contributed by atoms with E-state index in [1.54, 1.807) is 42.7 Å². The first-order chi connectivity index (χ1) is 15.0. The first kappa shape index (κ1) is 22.5. The number of methoxy groups -OCH3 is 1. The van der Waals surface area contributed by atoms with Crippen LogP contribution >= 0.6 is 0 Å². The molecule has 0 spiro atoms. The molecule has 1 aromatic carbocycles. The van der Waals surface area contributed by atoms with Gasteiger partial charge >= 0.3 is 0 Å². The first-order valence-electron chi connectivity index (χ1n) is 10.4. The van der Waals surface area contributed by atoms with Crippen molar-refractivity contribution in [3.05, 3.63) is 65.0 Å². The maximum Gasteiger partial charge on any atom is 0.295 e. The fourth-order valence-corrected chi connectivity index (χ4v) is 3.63. The maximum atomic E-state index is 12.9. The number of aliphatic hydroxyl groups excluding tert-OH is 1. The summed E-state index contributed by atoms with van der Waals surface area (Å²) < 4.78 is 10.9. The van der Waals surface area contributed by atoms with E-state index in [4.69, 9.17) is 9.47 Å². The van der Waals surface area contributed by atoms with Gasteiger partial charge in [0.25, 0.3) is 11.7 Å². The van der Waals surface area contributed by atoms with E-state index in [9.17, 15) is 14.7 Å². The van der Waals surface area contributed by atoms with Crippen LogP contribution in [0.4, 0.5) is 0 Å². The number of carbonyl (C=O) groups excluding carboxylic acids is 2. The molecule has 31 heavy (non-hydrogen) atoms. The monoisotopic (exact) mass is 424 g/mol. The second-order valence-corrected chi connectivity index (χ2v) is 7.45. The lowest BCUT2D eigenvalue weighted by Crippen LogP contribution is -2.32. The average Bonchev–Trinajstić information content (AvgIpc) is 3.03. The van der Waals surface area contributed by atoms with Crippen LogP contribution in [0.2, 0.25) is 0 Å². The van der Waals surface area contributed by atoms with Crippen LogP contribution in [0.5, 0.6) is 5.75 Å². The molecular weight excluding hydrogens is 396 g/mol. The highest BCUT2D eigenvalue weighted by Crippen LogP contribution is 2.39. The van der Waals surface area contributed by atoms with Gasteiger partial charge in [-0.2, -0.15) is 0 Å². The summed E-state index contributed by atoms with van der Waals surface area (Å²) in [6, 6.07) is 8.01. The molecule has 1 fully saturated rings. The van der Waals surface area contributed by atoms with Crippen LogP contribution in [-0.4, -0.2) is 53.5 Å². The van der Waals surface area contributed by atoms with E-state index in [0.29, 0.717) is 17.7 Å². The van der Waals surface area contributed by atoms with Crippen molar-refractivity contribution in [3.63, 3.8) is 0 Å². The van der Waals surface area contributed by atoms with Gasteiger partial charge in [0.15, 0.2) is 0 Å². The van der Waals surface area contributed by atoms with Crippen molar-refractivity contribution in [2.45, 2.75) is 32.7 Å². The minimum atomic E-state index is -0.712. The number of likely N-dealkylation sites (tertiary alicyclic amines) is 1. The lowest BCUT2D eigenvalue weighted by Gasteiger charge is -2.24. The molecular formula is C24H28N2O5. The molecule has 1 aromatic heterocycles. The molecule has 7 heteroatoms. The van der Waals surface area contributed by atoms with Gasteiger partial charge in [-0.1, -0.05) is 13.3 Å². The average molecular weight is 424 g/mol. The van der Waals surface area contributed by atoms with Crippen molar-refractivity contribution in [2.75, 3.05) is 26.9 Å². The highest BCUT2D eigenvalue weighted by molar-refractivity contribution is 6.46. The number of aliphatic hydroxyl groups is 1. The topological polar surface area (TPSA) is 89.0 Å². The molecule has 1 atom stereocenters. The second-order valence-electron chi connectivity index (χ2n) is 7.45. The predicted octanol–water partition coefficient (Wildman–Crippen LogP) is 3.64. The van der Waals surface area contributed by atoms with Gasteiger partial charge in [-0.05, 0) is 54.8 Å². The van der Waals surface area contributed by atoms with E-state index in [0.717, 1.165) is 24.2 Å². The highest BCUT2D eigenvalue weighted by atomic mass is 16.5. The zero-order valence-corrected chi connectivity index (χ0v) is 18.1. The van der Waals surface area contributed by atoms with Crippen LogP contribution in [0.1, 0.15) is 42.5 Å². The third-order valence-corrected chi connectivity index (χ3v) is 5.30. The van der Waals surface area contributed by atoms with Crippen molar-refractivity contribution < 1.29 is 24.2 Å². The Kier molecular flexibility index (Phi) is 7.41. The van der Waals surface area contributed by atoms with Crippen LogP contribution in [0.25, 0.3) is 5.76 Å². The molecule has 164 valence electrons. The van der Waals surface area contributed by atoms with Gasteiger partial charge in [-0.15, -0.1) is 0 Å². The Hall–Kier alpha value is -3.19. The summed E-state index contributed by atoms with van der Waals surface area (Å²) in [5.74, 6) is -0.840. The summed E-state index contributed by atoms with van der Waals surface area (Å²) in [6.07, 6.45) is 5.19. The normalized spacial score (nSPS) is 17.9. The van der Waals surface area contributed by atoms with Crippen LogP contribution in [0.3, 0.4) is 0 Å². The van der Waals surface area contributed by atoms with Crippen LogP contribution in [-0.2, 0) is 14.3 Å². The molecule has 1 amide bonds. The van der Waals surface area contributed by atoms with Gasteiger partial charge in [0.05, 0.1) is 24.8 Å². The molecule has 3 rings (SSSR count). The van der Waals surface area contributed by atoms with Crippen molar-refractivity contribution >= 4 is 17.4 Å². The van der Waals surface area contributed by atoms with Gasteiger partial charge < -0.3 is 19.5 Å². The minimum Gasteiger partial charge on any atom is -0.507 e. The quantitative estimate of drug-likeness (QED) is 0.286. The predicted molar refractivity (Wildman–Crippen MR) is 117 cm³/mol. The molecule has 2 aromatic rings. The number of pyridine rings is 1. The van der Waals surface area contributed by atoms with E-state index in [-0.39, 0.29) is 24.5 Å². The third-order valence-electron chi connectivity index (χ3n) is 5.30. The van der Waals surface area contributed by atoms with Crippen LogP contribution < -0.4 is 4.74 Å². The van der Waals surface area contributed by atoms with Gasteiger partial charge in [-0.25, -0.2) is 0 Å². The summed E-state index contributed by atoms with van der Waals surface area (Å²) in [6.45, 7) is 5.11. The molecule has 7 nitrogen and oxygen atoms in total. The molecule has 0 saturated carbocycles. The van der Waals surface area contributed by atoms with E-state index in [1.165, 1.54) is 12.0 Å². The van der Waals surface area contributed by atoms with E-state index < -0.39 is 17.7 Å². The Balaban J connectivity index is 2.03. The minimum absolute atomic E-state index is 0.0614. The highest BCUT2D eigenvalue weighted by Gasteiger charge is 2.45. The van der Waals surface area contributed by atoms with Gasteiger partial charge in [0, 0.05) is 31.6 Å². The fraction of sp³-hybridized carbons (Fsp3) is 0.375. The summed E-state index contributed by atoms with van der Waals surface area (Å²) in [5.41, 5.74) is 2.06. The number of amides is 1.